The Balaban J connectivity index is 3.52. The van der Waals surface area contributed by atoms with Crippen LogP contribution in [-0.4, -0.2) is 309 Å². The second-order valence-corrected chi connectivity index (χ2v) is 35.7. The molecule has 0 aromatic heterocycles. The summed E-state index contributed by atoms with van der Waals surface area (Å²) >= 11 is 1.25. The third kappa shape index (κ3) is 43.8. The number of nitrogens with zero attached hydrogens (tertiary/aromatic N) is 1. The van der Waals surface area contributed by atoms with Gasteiger partial charge in [-0.05, 0) is 125 Å². The number of rotatable bonds is 65. The van der Waals surface area contributed by atoms with Crippen LogP contribution in [0.2, 0.25) is 0 Å². The van der Waals surface area contributed by atoms with Crippen molar-refractivity contribution in [3.63, 3.8) is 0 Å². The van der Waals surface area contributed by atoms with E-state index in [1.54, 1.807) is 82.4 Å². The summed E-state index contributed by atoms with van der Waals surface area (Å²) in [5.74, 6) is -27.8. The number of primary amides is 4. The number of aliphatic hydroxyl groups excluding tert-OH is 2. The van der Waals surface area contributed by atoms with Crippen LogP contribution < -0.4 is 119 Å². The minimum Gasteiger partial charge on any atom is -0.481 e. The molecule has 0 aromatic rings. The second kappa shape index (κ2) is 61.0. The predicted octanol–water partition coefficient (Wildman–Crippen LogP) is -9.08. The average molecular weight is 1930 g/mol. The molecule has 32 N–H and O–H groups in total. The van der Waals surface area contributed by atoms with Crippen LogP contribution in [0, 0.1) is 35.5 Å². The van der Waals surface area contributed by atoms with Crippen LogP contribution in [0.1, 0.15) is 199 Å². The molecule has 51 heteroatoms. The van der Waals surface area contributed by atoms with E-state index in [1.807, 2.05) is 0 Å². The van der Waals surface area contributed by atoms with E-state index in [4.69, 9.17) is 34.4 Å². The van der Waals surface area contributed by atoms with Gasteiger partial charge in [0.05, 0.1) is 51.5 Å². The third-order valence-corrected chi connectivity index (χ3v) is 22.1. The highest BCUT2D eigenvalue weighted by Gasteiger charge is 2.44. The molecule has 19 atom stereocenters. The van der Waals surface area contributed by atoms with E-state index in [-0.39, 0.29) is 94.9 Å². The first-order valence-corrected chi connectivity index (χ1v) is 45.9. The van der Waals surface area contributed by atoms with Gasteiger partial charge >= 0.3 is 11.9 Å². The van der Waals surface area contributed by atoms with Crippen LogP contribution >= 0.6 is 11.8 Å². The largest absolute Gasteiger partial charge is 0.481 e. The molecule has 0 spiro atoms. The maximum Gasteiger partial charge on any atom is 0.305 e. The van der Waals surface area contributed by atoms with Gasteiger partial charge in [-0.3, -0.25) is 110 Å². The molecule has 1 rings (SSSR count). The maximum atomic E-state index is 14.7. The highest BCUT2D eigenvalue weighted by Crippen LogP contribution is 2.23. The highest BCUT2D eigenvalue weighted by molar-refractivity contribution is 7.98. The first kappa shape index (κ1) is 120. The molecular formula is C83H143N23O27S. The molecule has 1 aliphatic rings. The van der Waals surface area contributed by atoms with Crippen LogP contribution in [0.4, 0.5) is 0 Å². The van der Waals surface area contributed by atoms with Crippen molar-refractivity contribution in [2.75, 3.05) is 44.9 Å². The molecule has 0 radical (unpaired) electrons. The normalized spacial score (nSPS) is 16.4. The summed E-state index contributed by atoms with van der Waals surface area (Å²) in [6.07, 6.45) is -2.13. The van der Waals surface area contributed by atoms with Gasteiger partial charge < -0.3 is 145 Å². The monoisotopic (exact) mass is 1930 g/mol. The molecule has 1 aliphatic heterocycles. The van der Waals surface area contributed by atoms with Crippen molar-refractivity contribution < 1.29 is 131 Å². The standard InChI is InChI=1S/C83H143N23O27S/c1-15-42(11)65(104-76(126)50(29-39(5)6)96-70(120)47(22-23-62(113)114)93-77(127)55(36-107)101-68(118)45(85)31-58(86)109)82(132)100-52(33-60(88)111)75(125)102-56(37-108)78(128)105-66(43(12)16-2)81(131)99-49(28-38(3)4)69(119)90-35-61(112)92-54(30-40(7)8)83(133)106-26-19-21-57(106)79(129)94-46(20-17-18-25-84)72(122)103-64(41(9)10)80(130)95-48(24-27-134-14)71(121)97-51(32-59(87)110)74(124)98-53(34-63(115)116)73(123)91-44(13)67(89)117/h38-57,64-66,107-108H,15-37,84-85H2,1-14H3,(H2,86,109)(H2,87,110)(H2,88,111)(H2,89,117)(H,90,119)(H,91,123)(H,92,112)(H,93,127)(H,94,129)(H,95,130)(H,96,120)(H,97,121)(H,98,124)(H,99,131)(H,100,132)(H,101,118)(H,102,125)(H,103,122)(H,104,126)(H,105,128)(H,113,114)(H,115,116). The number of hydrogen-bond donors (Lipinski definition) is 26. The molecule has 0 saturated carbocycles. The lowest BCUT2D eigenvalue weighted by Gasteiger charge is -2.31. The SMILES string of the molecule is CCC(C)C(NC(=O)C(CO)NC(=O)C(CC(N)=O)NC(=O)C(NC(=O)C(CC(C)C)NC(=O)C(CCC(=O)O)NC(=O)C(CO)NC(=O)C(N)CC(N)=O)C(C)CC)C(=O)NC(CC(C)C)C(=O)NCC(=O)NC(CC(C)C)C(=O)N1CCCC1C(=O)NC(CCCCN)C(=O)NC(C(=O)NC(CCSC)C(=O)NC(CC(N)=O)C(=O)NC(CC(=O)O)C(=O)NC(C)C(N)=O)C(C)C. The number of unbranched alkanes of at least 4 members (excludes halogenated alkanes) is 1. The van der Waals surface area contributed by atoms with Gasteiger partial charge in [0, 0.05) is 13.0 Å². The van der Waals surface area contributed by atoms with Gasteiger partial charge in [0.2, 0.25) is 124 Å². The van der Waals surface area contributed by atoms with Gasteiger partial charge in [-0.25, -0.2) is 0 Å². The highest BCUT2D eigenvalue weighted by atomic mass is 32.2. The molecule has 0 aliphatic carbocycles. The Labute approximate surface area is 781 Å². The van der Waals surface area contributed by atoms with E-state index >= 15 is 0 Å². The number of thioether (sulfide) groups is 1. The first-order chi connectivity index (χ1) is 62.6. The lowest BCUT2D eigenvalue weighted by atomic mass is 9.96. The second-order valence-electron chi connectivity index (χ2n) is 34.7. The molecule has 1 saturated heterocycles. The Morgan fingerprint density at radius 2 is 0.769 bits per heavy atom. The first-order valence-electron chi connectivity index (χ1n) is 44.5. The van der Waals surface area contributed by atoms with Crippen molar-refractivity contribution in [1.82, 2.24) is 90.0 Å². The van der Waals surface area contributed by atoms with E-state index in [0.717, 1.165) is 0 Å². The fourth-order valence-electron chi connectivity index (χ4n) is 13.6. The fraction of sp³-hybridized carbons (Fsp3) is 0.723. The zero-order chi connectivity index (χ0) is 102. The Hall–Kier alpha value is -12.0. The number of nitrogens with two attached hydrogens (primary N) is 6. The quantitative estimate of drug-likeness (QED) is 0.0252. The lowest BCUT2D eigenvalue weighted by Crippen LogP contribution is -2.62. The van der Waals surface area contributed by atoms with Crippen LogP contribution in [0.15, 0.2) is 0 Å². The Morgan fingerprint density at radius 3 is 1.22 bits per heavy atom. The van der Waals surface area contributed by atoms with Gasteiger partial charge in [0.25, 0.3) is 0 Å². The van der Waals surface area contributed by atoms with Crippen LogP contribution in [0.3, 0.4) is 0 Å². The number of likely N-dealkylation sites (tertiary alicyclic amines) is 1. The number of nitrogens with one attached hydrogen (secondary N) is 16. The van der Waals surface area contributed by atoms with E-state index in [1.165, 1.54) is 30.5 Å². The minimum atomic E-state index is -1.94. The number of amides is 21. The summed E-state index contributed by atoms with van der Waals surface area (Å²) in [5, 5.41) is 78.3. The summed E-state index contributed by atoms with van der Waals surface area (Å²) < 4.78 is 0. The minimum absolute atomic E-state index is 0.00970. The molecule has 0 aromatic carbocycles. The molecule has 50 nitrogen and oxygen atoms in total. The predicted molar refractivity (Wildman–Crippen MR) is 482 cm³/mol. The van der Waals surface area contributed by atoms with Crippen molar-refractivity contribution >= 4 is 148 Å². The Bertz CT molecular complexity index is 4070. The number of carbonyl (C=O) groups is 23. The van der Waals surface area contributed by atoms with E-state index < -0.39 is 321 Å². The van der Waals surface area contributed by atoms with Crippen molar-refractivity contribution in [1.29, 1.82) is 0 Å². The van der Waals surface area contributed by atoms with Crippen molar-refractivity contribution in [3.8, 4) is 0 Å². The van der Waals surface area contributed by atoms with Crippen LogP contribution in [0.5, 0.6) is 0 Å². The Morgan fingerprint density at radius 1 is 0.396 bits per heavy atom. The van der Waals surface area contributed by atoms with Gasteiger partial charge in [-0.2, -0.15) is 11.8 Å². The molecule has 21 amide bonds. The van der Waals surface area contributed by atoms with Crippen molar-refractivity contribution in [3.05, 3.63) is 0 Å². The molecular weight excluding hydrogens is 1780 g/mol. The molecule has 19 unspecified atom stereocenters. The summed E-state index contributed by atoms with van der Waals surface area (Å²) in [4.78, 5) is 311. The maximum absolute atomic E-state index is 14.7. The Kier molecular flexibility index (Phi) is 54.6. The van der Waals surface area contributed by atoms with E-state index in [0.29, 0.717) is 6.42 Å². The number of carboxylic acids is 2. The number of hydrogen-bond acceptors (Lipinski definition) is 28. The third-order valence-electron chi connectivity index (χ3n) is 21.5. The molecule has 758 valence electrons. The number of carboxylic acid groups (broad SMARTS) is 2. The molecule has 1 heterocycles. The topological polar surface area (TPSA) is 825 Å². The summed E-state index contributed by atoms with van der Waals surface area (Å²) in [6.45, 7) is 18.1. The van der Waals surface area contributed by atoms with Gasteiger partial charge in [0.1, 0.15) is 96.7 Å². The van der Waals surface area contributed by atoms with Crippen molar-refractivity contribution in [2.45, 2.75) is 302 Å². The fourth-order valence-corrected chi connectivity index (χ4v) is 14.1. The van der Waals surface area contributed by atoms with Gasteiger partial charge in [0.15, 0.2) is 0 Å². The van der Waals surface area contributed by atoms with Gasteiger partial charge in [-0.1, -0.05) is 95.9 Å². The zero-order valence-electron chi connectivity index (χ0n) is 78.5. The van der Waals surface area contributed by atoms with E-state index in [9.17, 15) is 131 Å². The molecule has 0 bridgehead atoms. The van der Waals surface area contributed by atoms with Gasteiger partial charge in [-0.15, -0.1) is 0 Å². The molecule has 134 heavy (non-hydrogen) atoms. The summed E-state index contributed by atoms with van der Waals surface area (Å²) in [6, 6.07) is -26.9. The smallest absolute Gasteiger partial charge is 0.305 e. The zero-order valence-corrected chi connectivity index (χ0v) is 79.4. The molecule has 1 fully saturated rings. The van der Waals surface area contributed by atoms with Crippen molar-refractivity contribution in [2.24, 2.45) is 69.9 Å². The number of carbonyl (C=O) groups excluding carboxylic acids is 21. The number of aliphatic hydroxyl groups is 2. The van der Waals surface area contributed by atoms with Crippen LogP contribution in [-0.2, 0) is 110 Å². The van der Waals surface area contributed by atoms with Crippen LogP contribution in [0.25, 0.3) is 0 Å². The summed E-state index contributed by atoms with van der Waals surface area (Å²) in [7, 11) is 0. The number of aliphatic carboxylic acids is 2. The van der Waals surface area contributed by atoms with E-state index in [2.05, 4.69) is 85.1 Å². The summed E-state index contributed by atoms with van der Waals surface area (Å²) in [5.41, 5.74) is 32.8. The lowest BCUT2D eigenvalue weighted by molar-refractivity contribution is -0.142. The average Bonchev–Trinajstić information content (AvgIpc) is 1.78.